The molecule has 21 heavy (non-hydrogen) atoms. The van der Waals surface area contributed by atoms with E-state index in [0.717, 1.165) is 13.0 Å². The van der Waals surface area contributed by atoms with E-state index in [4.69, 9.17) is 17.3 Å². The molecule has 1 heterocycles. The second-order valence-electron chi connectivity index (χ2n) is 5.42. The number of hydrogen-bond acceptors (Lipinski definition) is 3. The van der Waals surface area contributed by atoms with Crippen LogP contribution in [-0.4, -0.2) is 36.5 Å². The largest absolute Gasteiger partial charge is 0.329 e. The van der Waals surface area contributed by atoms with Crippen molar-refractivity contribution in [2.75, 3.05) is 25.0 Å². The molecule has 1 amide bonds. The van der Waals surface area contributed by atoms with Crippen LogP contribution in [0.25, 0.3) is 0 Å². The molecule has 0 saturated carbocycles. The molecular formula is C15H23Cl2N3O. The lowest BCUT2D eigenvalue weighted by Crippen LogP contribution is -2.51. The van der Waals surface area contributed by atoms with Crippen LogP contribution >= 0.6 is 24.0 Å². The maximum absolute atomic E-state index is 12.1. The van der Waals surface area contributed by atoms with Gasteiger partial charge in [-0.2, -0.15) is 0 Å². The molecule has 6 heteroatoms. The summed E-state index contributed by atoms with van der Waals surface area (Å²) in [4.78, 5) is 14.3. The molecule has 4 nitrogen and oxygen atoms in total. The number of carbonyl (C=O) groups excluding carboxylic acids is 1. The van der Waals surface area contributed by atoms with E-state index in [1.807, 2.05) is 12.1 Å². The molecule has 0 aliphatic carbocycles. The molecule has 2 atom stereocenters. The quantitative estimate of drug-likeness (QED) is 0.891. The van der Waals surface area contributed by atoms with Crippen LogP contribution in [0.15, 0.2) is 24.3 Å². The van der Waals surface area contributed by atoms with Crippen LogP contribution < -0.4 is 11.1 Å². The number of para-hydroxylation sites is 1. The summed E-state index contributed by atoms with van der Waals surface area (Å²) in [7, 11) is 0. The summed E-state index contributed by atoms with van der Waals surface area (Å²) in [6, 6.07) is 7.56. The number of likely N-dealkylation sites (tertiary alicyclic amines) is 1. The Labute approximate surface area is 137 Å². The van der Waals surface area contributed by atoms with Gasteiger partial charge in [0.25, 0.3) is 0 Å². The molecule has 0 aromatic heterocycles. The Bertz CT molecular complexity index is 470. The zero-order valence-corrected chi connectivity index (χ0v) is 13.8. The summed E-state index contributed by atoms with van der Waals surface area (Å²) in [6.45, 7) is 4.11. The molecule has 0 bridgehead atoms. The second-order valence-corrected chi connectivity index (χ2v) is 5.83. The van der Waals surface area contributed by atoms with Gasteiger partial charge in [-0.25, -0.2) is 0 Å². The van der Waals surface area contributed by atoms with Crippen molar-refractivity contribution in [1.82, 2.24) is 4.90 Å². The van der Waals surface area contributed by atoms with Gasteiger partial charge < -0.3 is 11.1 Å². The van der Waals surface area contributed by atoms with Crippen molar-refractivity contribution < 1.29 is 4.79 Å². The fourth-order valence-electron chi connectivity index (χ4n) is 2.85. The number of benzene rings is 1. The fourth-order valence-corrected chi connectivity index (χ4v) is 3.03. The molecular weight excluding hydrogens is 309 g/mol. The molecule has 1 aromatic rings. The molecule has 2 unspecified atom stereocenters. The zero-order valence-electron chi connectivity index (χ0n) is 12.2. The number of amides is 1. The minimum Gasteiger partial charge on any atom is -0.329 e. The van der Waals surface area contributed by atoms with Gasteiger partial charge in [-0.1, -0.05) is 30.7 Å². The lowest BCUT2D eigenvalue weighted by atomic mass is 9.91. The predicted molar refractivity (Wildman–Crippen MR) is 90.1 cm³/mol. The van der Waals surface area contributed by atoms with Gasteiger partial charge in [0.15, 0.2) is 0 Å². The van der Waals surface area contributed by atoms with E-state index < -0.39 is 0 Å². The van der Waals surface area contributed by atoms with Gasteiger partial charge >= 0.3 is 0 Å². The molecule has 0 spiro atoms. The molecule has 2 rings (SSSR count). The average Bonchev–Trinajstić information content (AvgIpc) is 2.42. The van der Waals surface area contributed by atoms with Gasteiger partial charge in [-0.05, 0) is 37.4 Å². The van der Waals surface area contributed by atoms with Gasteiger partial charge in [0.1, 0.15) is 0 Å². The highest BCUT2D eigenvalue weighted by atomic mass is 35.5. The van der Waals surface area contributed by atoms with E-state index >= 15 is 0 Å². The highest BCUT2D eigenvalue weighted by Gasteiger charge is 2.28. The number of carbonyl (C=O) groups is 1. The van der Waals surface area contributed by atoms with Crippen molar-refractivity contribution in [2.45, 2.75) is 25.8 Å². The summed E-state index contributed by atoms with van der Waals surface area (Å²) < 4.78 is 0. The lowest BCUT2D eigenvalue weighted by molar-refractivity contribution is -0.118. The van der Waals surface area contributed by atoms with E-state index in [2.05, 4.69) is 17.1 Å². The summed E-state index contributed by atoms with van der Waals surface area (Å²) in [5, 5.41) is 3.42. The third-order valence-electron chi connectivity index (χ3n) is 3.97. The number of rotatable bonds is 4. The molecule has 1 aliphatic rings. The maximum atomic E-state index is 12.1. The zero-order chi connectivity index (χ0) is 14.5. The van der Waals surface area contributed by atoms with Crippen molar-refractivity contribution in [1.29, 1.82) is 0 Å². The van der Waals surface area contributed by atoms with Gasteiger partial charge in [0, 0.05) is 12.6 Å². The first kappa shape index (κ1) is 18.2. The van der Waals surface area contributed by atoms with Crippen LogP contribution in [0.5, 0.6) is 0 Å². The molecule has 3 N–H and O–H groups in total. The minimum atomic E-state index is -0.0364. The molecule has 0 radical (unpaired) electrons. The first-order chi connectivity index (χ1) is 9.61. The third-order valence-corrected chi connectivity index (χ3v) is 4.30. The first-order valence-electron chi connectivity index (χ1n) is 7.10. The van der Waals surface area contributed by atoms with Crippen LogP contribution in [-0.2, 0) is 4.79 Å². The van der Waals surface area contributed by atoms with Crippen LogP contribution in [0, 0.1) is 5.92 Å². The molecule has 118 valence electrons. The first-order valence-corrected chi connectivity index (χ1v) is 7.48. The summed E-state index contributed by atoms with van der Waals surface area (Å²) in [5.41, 5.74) is 6.50. The molecule has 1 aliphatic heterocycles. The third kappa shape index (κ3) is 4.85. The number of anilines is 1. The van der Waals surface area contributed by atoms with Crippen LogP contribution in [0.3, 0.4) is 0 Å². The number of hydrogen-bond donors (Lipinski definition) is 2. The number of nitrogens with zero attached hydrogens (tertiary/aromatic N) is 1. The Balaban J connectivity index is 0.00000220. The van der Waals surface area contributed by atoms with Crippen LogP contribution in [0.4, 0.5) is 5.69 Å². The fraction of sp³-hybridized carbons (Fsp3) is 0.533. The Morgan fingerprint density at radius 1 is 1.48 bits per heavy atom. The number of nitrogens with two attached hydrogens (primary N) is 1. The maximum Gasteiger partial charge on any atom is 0.238 e. The summed E-state index contributed by atoms with van der Waals surface area (Å²) >= 11 is 6.04. The van der Waals surface area contributed by atoms with Crippen LogP contribution in [0.2, 0.25) is 5.02 Å². The minimum absolute atomic E-state index is 0. The number of nitrogens with one attached hydrogen (secondary N) is 1. The van der Waals surface area contributed by atoms with E-state index in [-0.39, 0.29) is 18.3 Å². The van der Waals surface area contributed by atoms with Gasteiger partial charge in [0.05, 0.1) is 17.3 Å². The van der Waals surface area contributed by atoms with Gasteiger partial charge in [-0.3, -0.25) is 9.69 Å². The lowest BCUT2D eigenvalue weighted by Gasteiger charge is -2.38. The summed E-state index contributed by atoms with van der Waals surface area (Å²) in [5.74, 6) is 0.507. The van der Waals surface area contributed by atoms with Crippen molar-refractivity contribution in [3.8, 4) is 0 Å². The van der Waals surface area contributed by atoms with Crippen molar-refractivity contribution in [3.63, 3.8) is 0 Å². The van der Waals surface area contributed by atoms with Crippen LogP contribution in [0.1, 0.15) is 19.8 Å². The van der Waals surface area contributed by atoms with Crippen molar-refractivity contribution in [2.24, 2.45) is 11.7 Å². The highest BCUT2D eigenvalue weighted by Crippen LogP contribution is 2.23. The van der Waals surface area contributed by atoms with Gasteiger partial charge in [-0.15, -0.1) is 12.4 Å². The molecule has 1 saturated heterocycles. The smallest absolute Gasteiger partial charge is 0.238 e. The Morgan fingerprint density at radius 2 is 2.19 bits per heavy atom. The standard InChI is InChI=1S/C15H22ClN3O.ClH/c1-11-5-4-8-19(14(11)9-17)10-15(20)18-13-7-3-2-6-12(13)16;/h2-3,6-7,11,14H,4-5,8-10,17H2,1H3,(H,18,20);1H. The molecule has 1 aromatic carbocycles. The normalized spacial score (nSPS) is 22.4. The van der Waals surface area contributed by atoms with E-state index in [1.165, 1.54) is 6.42 Å². The second kappa shape index (κ2) is 8.59. The Hall–Kier alpha value is -0.810. The van der Waals surface area contributed by atoms with Crippen molar-refractivity contribution >= 4 is 35.6 Å². The monoisotopic (exact) mass is 331 g/mol. The SMILES string of the molecule is CC1CCCN(CC(=O)Nc2ccccc2Cl)C1CN.Cl. The van der Waals surface area contributed by atoms with Crippen molar-refractivity contribution in [3.05, 3.63) is 29.3 Å². The summed E-state index contributed by atoms with van der Waals surface area (Å²) in [6.07, 6.45) is 2.31. The molecule has 1 fully saturated rings. The highest BCUT2D eigenvalue weighted by molar-refractivity contribution is 6.33. The Morgan fingerprint density at radius 3 is 2.86 bits per heavy atom. The average molecular weight is 332 g/mol. The number of piperidine rings is 1. The van der Waals surface area contributed by atoms with E-state index in [9.17, 15) is 4.79 Å². The number of halogens is 2. The Kier molecular flexibility index (Phi) is 7.46. The van der Waals surface area contributed by atoms with Gasteiger partial charge in [0.2, 0.25) is 5.91 Å². The topological polar surface area (TPSA) is 58.4 Å². The van der Waals surface area contributed by atoms with E-state index in [1.54, 1.807) is 12.1 Å². The van der Waals surface area contributed by atoms with E-state index in [0.29, 0.717) is 35.8 Å². The predicted octanol–water partition coefficient (Wildman–Crippen LogP) is 2.76.